The smallest absolute Gasteiger partial charge is 0.261 e. The number of hydrogen-bond acceptors (Lipinski definition) is 4. The third-order valence-corrected chi connectivity index (χ3v) is 3.23. The predicted molar refractivity (Wildman–Crippen MR) is 78.8 cm³/mol. The Balaban J connectivity index is 1.73. The molecular weight excluding hydrogens is 274 g/mol. The molecule has 1 heterocycles. The molecule has 0 aliphatic carbocycles. The highest BCUT2D eigenvalue weighted by Crippen LogP contribution is 2.07. The van der Waals surface area contributed by atoms with Crippen LogP contribution in [0.15, 0.2) is 52.9 Å². The molecule has 0 radical (unpaired) electrons. The number of carbonyl (C=O) groups is 2. The van der Waals surface area contributed by atoms with Gasteiger partial charge in [0.1, 0.15) is 0 Å². The lowest BCUT2D eigenvalue weighted by Gasteiger charge is -2.02. The summed E-state index contributed by atoms with van der Waals surface area (Å²) in [6.45, 7) is -0.108. The molecule has 20 heavy (non-hydrogen) atoms. The van der Waals surface area contributed by atoms with E-state index in [1.54, 1.807) is 23.7 Å². The van der Waals surface area contributed by atoms with Gasteiger partial charge in [0.05, 0.1) is 17.6 Å². The van der Waals surface area contributed by atoms with Gasteiger partial charge < -0.3 is 5.32 Å². The third-order valence-electron chi connectivity index (χ3n) is 2.36. The van der Waals surface area contributed by atoms with E-state index in [1.807, 2.05) is 30.3 Å². The average molecular weight is 287 g/mol. The van der Waals surface area contributed by atoms with Crippen molar-refractivity contribution in [3.8, 4) is 0 Å². The first-order valence-electron chi connectivity index (χ1n) is 5.94. The SMILES string of the molecule is O=C(CNC(=O)c1cccs1)N/N=C/c1ccccc1. The van der Waals surface area contributed by atoms with E-state index in [0.29, 0.717) is 4.88 Å². The number of hydrogen-bond donors (Lipinski definition) is 2. The standard InChI is InChI=1S/C14H13N3O2S/c18-13(10-15-14(19)12-7-4-8-20-12)17-16-9-11-5-2-1-3-6-11/h1-9H,10H2,(H,15,19)(H,17,18)/b16-9+. The van der Waals surface area contributed by atoms with E-state index in [1.165, 1.54) is 11.3 Å². The first kappa shape index (κ1) is 14.0. The zero-order valence-electron chi connectivity index (χ0n) is 10.6. The van der Waals surface area contributed by atoms with Gasteiger partial charge in [0.25, 0.3) is 11.8 Å². The Kier molecular flexibility index (Phi) is 5.02. The summed E-state index contributed by atoms with van der Waals surface area (Å²) in [6.07, 6.45) is 1.54. The Morgan fingerprint density at radius 2 is 1.95 bits per heavy atom. The molecule has 102 valence electrons. The zero-order valence-corrected chi connectivity index (χ0v) is 11.4. The van der Waals surface area contributed by atoms with E-state index in [0.717, 1.165) is 5.56 Å². The Bertz CT molecular complexity index is 594. The molecule has 1 aromatic carbocycles. The minimum atomic E-state index is -0.373. The summed E-state index contributed by atoms with van der Waals surface area (Å²) >= 11 is 1.32. The van der Waals surface area contributed by atoms with E-state index in [4.69, 9.17) is 0 Å². The van der Waals surface area contributed by atoms with Crippen molar-refractivity contribution in [2.24, 2.45) is 5.10 Å². The lowest BCUT2D eigenvalue weighted by molar-refractivity contribution is -0.120. The van der Waals surface area contributed by atoms with Crippen LogP contribution in [0.1, 0.15) is 15.2 Å². The monoisotopic (exact) mass is 287 g/mol. The van der Waals surface area contributed by atoms with Gasteiger partial charge in [0, 0.05) is 0 Å². The van der Waals surface area contributed by atoms with E-state index in [2.05, 4.69) is 15.8 Å². The summed E-state index contributed by atoms with van der Waals surface area (Å²) in [7, 11) is 0. The van der Waals surface area contributed by atoms with Crippen molar-refractivity contribution in [3.63, 3.8) is 0 Å². The molecule has 2 amide bonds. The third kappa shape index (κ3) is 4.33. The number of thiophene rings is 1. The molecule has 0 saturated heterocycles. The van der Waals surface area contributed by atoms with Crippen LogP contribution in [-0.4, -0.2) is 24.6 Å². The van der Waals surface area contributed by atoms with Crippen LogP contribution in [0.5, 0.6) is 0 Å². The Morgan fingerprint density at radius 1 is 1.15 bits per heavy atom. The molecule has 0 bridgehead atoms. The van der Waals surface area contributed by atoms with E-state index in [-0.39, 0.29) is 18.4 Å². The van der Waals surface area contributed by atoms with Crippen LogP contribution >= 0.6 is 11.3 Å². The van der Waals surface area contributed by atoms with Crippen LogP contribution in [0.3, 0.4) is 0 Å². The molecule has 2 rings (SSSR count). The van der Waals surface area contributed by atoms with Crippen molar-refractivity contribution in [2.75, 3.05) is 6.54 Å². The first-order valence-corrected chi connectivity index (χ1v) is 6.82. The summed E-state index contributed by atoms with van der Waals surface area (Å²) in [5.41, 5.74) is 3.24. The summed E-state index contributed by atoms with van der Waals surface area (Å²) in [6, 6.07) is 12.9. The fraction of sp³-hybridized carbons (Fsp3) is 0.0714. The van der Waals surface area contributed by atoms with Crippen LogP contribution < -0.4 is 10.7 Å². The molecule has 0 atom stereocenters. The lowest BCUT2D eigenvalue weighted by Crippen LogP contribution is -2.34. The maximum Gasteiger partial charge on any atom is 0.261 e. The van der Waals surface area contributed by atoms with Gasteiger partial charge in [0.15, 0.2) is 0 Å². The normalized spacial score (nSPS) is 10.4. The van der Waals surface area contributed by atoms with Crippen LogP contribution in [0, 0.1) is 0 Å². The molecule has 2 aromatic rings. The number of carbonyl (C=O) groups excluding carboxylic acids is 2. The number of amides is 2. The summed E-state index contributed by atoms with van der Waals surface area (Å²) in [5.74, 6) is -0.635. The molecule has 0 spiro atoms. The topological polar surface area (TPSA) is 70.6 Å². The quantitative estimate of drug-likeness (QED) is 0.648. The van der Waals surface area contributed by atoms with Crippen molar-refractivity contribution in [3.05, 3.63) is 58.3 Å². The summed E-state index contributed by atoms with van der Waals surface area (Å²) in [5, 5.41) is 8.13. The van der Waals surface area contributed by atoms with Gasteiger partial charge in [0.2, 0.25) is 0 Å². The van der Waals surface area contributed by atoms with Gasteiger partial charge in [-0.1, -0.05) is 36.4 Å². The van der Waals surface area contributed by atoms with E-state index >= 15 is 0 Å². The van der Waals surface area contributed by atoms with Crippen molar-refractivity contribution in [1.29, 1.82) is 0 Å². The molecule has 1 aromatic heterocycles. The predicted octanol–water partition coefficient (Wildman–Crippen LogP) is 1.63. The fourth-order valence-corrected chi connectivity index (χ4v) is 2.05. The van der Waals surface area contributed by atoms with Gasteiger partial charge >= 0.3 is 0 Å². The maximum absolute atomic E-state index is 11.6. The Labute approximate surface area is 120 Å². The minimum absolute atomic E-state index is 0.108. The van der Waals surface area contributed by atoms with Crippen molar-refractivity contribution >= 4 is 29.4 Å². The number of hydrazone groups is 1. The van der Waals surface area contributed by atoms with Crippen LogP contribution in [-0.2, 0) is 4.79 Å². The molecule has 0 aliphatic rings. The summed E-state index contributed by atoms with van der Waals surface area (Å²) < 4.78 is 0. The van der Waals surface area contributed by atoms with Gasteiger partial charge in [-0.05, 0) is 17.0 Å². The average Bonchev–Trinajstić information content (AvgIpc) is 3.00. The van der Waals surface area contributed by atoms with Gasteiger partial charge in [-0.2, -0.15) is 5.10 Å². The van der Waals surface area contributed by atoms with Crippen molar-refractivity contribution in [1.82, 2.24) is 10.7 Å². The molecule has 0 saturated carbocycles. The number of nitrogens with zero attached hydrogens (tertiary/aromatic N) is 1. The van der Waals surface area contributed by atoms with Gasteiger partial charge in [-0.3, -0.25) is 9.59 Å². The Morgan fingerprint density at radius 3 is 2.65 bits per heavy atom. The second-order valence-corrected chi connectivity index (χ2v) is 4.81. The molecule has 0 aliphatic heterocycles. The first-order chi connectivity index (χ1) is 9.75. The number of rotatable bonds is 5. The number of benzene rings is 1. The maximum atomic E-state index is 11.6. The van der Waals surface area contributed by atoms with Gasteiger partial charge in [-0.25, -0.2) is 5.43 Å². The molecule has 0 unspecified atom stereocenters. The van der Waals surface area contributed by atoms with Crippen LogP contribution in [0.4, 0.5) is 0 Å². The highest BCUT2D eigenvalue weighted by molar-refractivity contribution is 7.12. The van der Waals surface area contributed by atoms with E-state index in [9.17, 15) is 9.59 Å². The highest BCUT2D eigenvalue weighted by atomic mass is 32.1. The fourth-order valence-electron chi connectivity index (χ4n) is 1.41. The zero-order chi connectivity index (χ0) is 14.2. The largest absolute Gasteiger partial charge is 0.342 e. The second-order valence-electron chi connectivity index (χ2n) is 3.86. The van der Waals surface area contributed by atoms with Crippen LogP contribution in [0.25, 0.3) is 0 Å². The van der Waals surface area contributed by atoms with Crippen molar-refractivity contribution < 1.29 is 9.59 Å². The Hall–Kier alpha value is -2.47. The molecule has 5 nitrogen and oxygen atoms in total. The molecule has 6 heteroatoms. The van der Waals surface area contributed by atoms with Gasteiger partial charge in [-0.15, -0.1) is 11.3 Å². The van der Waals surface area contributed by atoms with Crippen LogP contribution in [0.2, 0.25) is 0 Å². The lowest BCUT2D eigenvalue weighted by atomic mass is 10.2. The molecule has 0 fully saturated rings. The second kappa shape index (κ2) is 7.20. The number of nitrogens with one attached hydrogen (secondary N) is 2. The van der Waals surface area contributed by atoms with E-state index < -0.39 is 0 Å². The molecule has 2 N–H and O–H groups in total. The van der Waals surface area contributed by atoms with Crippen molar-refractivity contribution in [2.45, 2.75) is 0 Å². The minimum Gasteiger partial charge on any atom is -0.342 e. The molecular formula is C14H13N3O2S. The highest BCUT2D eigenvalue weighted by Gasteiger charge is 2.07. The summed E-state index contributed by atoms with van der Waals surface area (Å²) in [4.78, 5) is 23.6.